The highest BCUT2D eigenvalue weighted by Crippen LogP contribution is 2.18. The van der Waals surface area contributed by atoms with Crippen LogP contribution in [-0.4, -0.2) is 21.3 Å². The van der Waals surface area contributed by atoms with E-state index in [0.29, 0.717) is 4.99 Å². The molecule has 0 aliphatic rings. The number of aliphatic hydroxyl groups is 1. The van der Waals surface area contributed by atoms with Gasteiger partial charge in [-0.3, -0.25) is 0 Å². The molecule has 0 amide bonds. The smallest absolute Gasteiger partial charge is 0.104 e. The van der Waals surface area contributed by atoms with Gasteiger partial charge in [0.15, 0.2) is 0 Å². The van der Waals surface area contributed by atoms with Gasteiger partial charge in [0.05, 0.1) is 0 Å². The van der Waals surface area contributed by atoms with E-state index in [1.807, 2.05) is 18.2 Å². The van der Waals surface area contributed by atoms with Crippen LogP contribution in [0, 0.1) is 0 Å². The maximum absolute atomic E-state index is 8.78. The Hall–Kier alpha value is -1.39. The van der Waals surface area contributed by atoms with Crippen LogP contribution in [0.4, 0.5) is 0 Å². The van der Waals surface area contributed by atoms with Gasteiger partial charge in [0.2, 0.25) is 0 Å². The second kappa shape index (κ2) is 5.29. The minimum atomic E-state index is 0.247. The van der Waals surface area contributed by atoms with Gasteiger partial charge in [-0.25, -0.2) is 0 Å². The third-order valence-corrected chi connectivity index (χ3v) is 3.10. The quantitative estimate of drug-likeness (QED) is 0.629. The first-order chi connectivity index (χ1) is 8.22. The first kappa shape index (κ1) is 12.1. The summed E-state index contributed by atoms with van der Waals surface area (Å²) < 4.78 is 2.17. The number of fused-ring (bicyclic) bond motifs is 1. The molecule has 0 aliphatic carbocycles. The van der Waals surface area contributed by atoms with Crippen LogP contribution in [-0.2, 0) is 6.54 Å². The lowest BCUT2D eigenvalue weighted by molar-refractivity contribution is 0.281. The third-order valence-electron chi connectivity index (χ3n) is 2.87. The number of aromatic nitrogens is 1. The molecule has 2 aromatic rings. The summed E-state index contributed by atoms with van der Waals surface area (Å²) in [5.41, 5.74) is 7.68. The summed E-state index contributed by atoms with van der Waals surface area (Å²) in [7, 11) is 0. The van der Waals surface area contributed by atoms with Gasteiger partial charge in [-0.05, 0) is 30.4 Å². The molecule has 0 atom stereocenters. The maximum Gasteiger partial charge on any atom is 0.104 e. The minimum absolute atomic E-state index is 0.247. The number of nitrogens with two attached hydrogens (primary N) is 1. The van der Waals surface area contributed by atoms with Crippen LogP contribution in [0.3, 0.4) is 0 Å². The fraction of sp³-hybridized carbons (Fsp3) is 0.308. The van der Waals surface area contributed by atoms with Crippen molar-refractivity contribution in [3.8, 4) is 0 Å². The van der Waals surface area contributed by atoms with Crippen LogP contribution >= 0.6 is 12.2 Å². The Kier molecular flexibility index (Phi) is 3.76. The Morgan fingerprint density at radius 3 is 2.82 bits per heavy atom. The van der Waals surface area contributed by atoms with E-state index in [1.54, 1.807) is 0 Å². The lowest BCUT2D eigenvalue weighted by Gasteiger charge is -2.06. The zero-order valence-electron chi connectivity index (χ0n) is 9.60. The second-order valence-corrected chi connectivity index (χ2v) is 4.52. The number of thiocarbonyl (C=S) groups is 1. The highest BCUT2D eigenvalue weighted by Gasteiger charge is 2.03. The van der Waals surface area contributed by atoms with Gasteiger partial charge in [0.25, 0.3) is 0 Å². The summed E-state index contributed by atoms with van der Waals surface area (Å²) in [6.07, 6.45) is 3.86. The maximum atomic E-state index is 8.78. The van der Waals surface area contributed by atoms with Crippen LogP contribution in [0.5, 0.6) is 0 Å². The SMILES string of the molecule is NC(=S)c1ccc2ccn(CCCCO)c2c1. The van der Waals surface area contributed by atoms with Crippen molar-refractivity contribution >= 4 is 28.1 Å². The summed E-state index contributed by atoms with van der Waals surface area (Å²) >= 11 is 4.98. The van der Waals surface area contributed by atoms with Crippen molar-refractivity contribution in [2.45, 2.75) is 19.4 Å². The normalized spacial score (nSPS) is 10.9. The average Bonchev–Trinajstić information content (AvgIpc) is 2.72. The molecule has 1 aromatic carbocycles. The number of nitrogens with zero attached hydrogens (tertiary/aromatic N) is 1. The molecule has 4 heteroatoms. The molecule has 0 radical (unpaired) electrons. The molecule has 0 bridgehead atoms. The summed E-state index contributed by atoms with van der Waals surface area (Å²) in [6.45, 7) is 1.15. The molecule has 0 unspecified atom stereocenters. The van der Waals surface area contributed by atoms with Crippen LogP contribution in [0.2, 0.25) is 0 Å². The van der Waals surface area contributed by atoms with Gasteiger partial charge in [0, 0.05) is 30.4 Å². The van der Waals surface area contributed by atoms with Gasteiger partial charge in [-0.15, -0.1) is 0 Å². The van der Waals surface area contributed by atoms with Crippen molar-refractivity contribution in [1.29, 1.82) is 0 Å². The molecule has 17 heavy (non-hydrogen) atoms. The van der Waals surface area contributed by atoms with Crippen LogP contribution in [0.1, 0.15) is 18.4 Å². The van der Waals surface area contributed by atoms with Crippen molar-refractivity contribution in [3.05, 3.63) is 36.0 Å². The number of rotatable bonds is 5. The van der Waals surface area contributed by atoms with E-state index in [9.17, 15) is 0 Å². The van der Waals surface area contributed by atoms with E-state index in [1.165, 1.54) is 5.39 Å². The third kappa shape index (κ3) is 2.65. The fourth-order valence-corrected chi connectivity index (χ4v) is 2.05. The topological polar surface area (TPSA) is 51.2 Å². The van der Waals surface area contributed by atoms with Crippen molar-refractivity contribution in [3.63, 3.8) is 0 Å². The van der Waals surface area contributed by atoms with E-state index in [0.717, 1.165) is 30.5 Å². The second-order valence-electron chi connectivity index (χ2n) is 4.08. The Morgan fingerprint density at radius 2 is 2.12 bits per heavy atom. The van der Waals surface area contributed by atoms with Gasteiger partial charge < -0.3 is 15.4 Å². The van der Waals surface area contributed by atoms with Gasteiger partial charge >= 0.3 is 0 Å². The summed E-state index contributed by atoms with van der Waals surface area (Å²) in [6, 6.07) is 8.09. The number of hydrogen-bond donors (Lipinski definition) is 2. The average molecular weight is 248 g/mol. The van der Waals surface area contributed by atoms with Crippen LogP contribution in [0.15, 0.2) is 30.5 Å². The molecule has 1 heterocycles. The van der Waals surface area contributed by atoms with E-state index < -0.39 is 0 Å². The molecular weight excluding hydrogens is 232 g/mol. The van der Waals surface area contributed by atoms with Crippen LogP contribution < -0.4 is 5.73 Å². The Balaban J connectivity index is 2.30. The molecule has 3 N–H and O–H groups in total. The summed E-state index contributed by atoms with van der Waals surface area (Å²) in [5.74, 6) is 0. The summed E-state index contributed by atoms with van der Waals surface area (Å²) in [4.78, 5) is 0.426. The first-order valence-electron chi connectivity index (χ1n) is 5.72. The molecule has 3 nitrogen and oxygen atoms in total. The Morgan fingerprint density at radius 1 is 1.29 bits per heavy atom. The van der Waals surface area contributed by atoms with E-state index >= 15 is 0 Å². The summed E-state index contributed by atoms with van der Waals surface area (Å²) in [5, 5.41) is 9.97. The zero-order chi connectivity index (χ0) is 12.3. The number of unbranched alkanes of at least 4 members (excludes halogenated alkanes) is 1. The monoisotopic (exact) mass is 248 g/mol. The number of hydrogen-bond acceptors (Lipinski definition) is 2. The fourth-order valence-electron chi connectivity index (χ4n) is 1.93. The molecule has 0 saturated heterocycles. The molecule has 0 fully saturated rings. The standard InChI is InChI=1S/C13H16N2OS/c14-13(17)11-4-3-10-5-7-15(12(10)9-11)6-1-2-8-16/h3-5,7,9,16H,1-2,6,8H2,(H2,14,17). The number of aliphatic hydroxyl groups excluding tert-OH is 1. The lowest BCUT2D eigenvalue weighted by atomic mass is 10.1. The van der Waals surface area contributed by atoms with Gasteiger partial charge in [-0.1, -0.05) is 24.4 Å². The van der Waals surface area contributed by atoms with E-state index in [2.05, 4.69) is 16.8 Å². The van der Waals surface area contributed by atoms with Crippen molar-refractivity contribution in [1.82, 2.24) is 4.57 Å². The predicted octanol–water partition coefficient (Wildman–Crippen LogP) is 2.05. The number of aryl methyl sites for hydroxylation is 1. The zero-order valence-corrected chi connectivity index (χ0v) is 10.4. The van der Waals surface area contributed by atoms with Crippen molar-refractivity contribution in [2.75, 3.05) is 6.61 Å². The van der Waals surface area contributed by atoms with Crippen molar-refractivity contribution in [2.24, 2.45) is 5.73 Å². The molecule has 1 aromatic heterocycles. The van der Waals surface area contributed by atoms with Crippen LogP contribution in [0.25, 0.3) is 10.9 Å². The lowest BCUT2D eigenvalue weighted by Crippen LogP contribution is -2.09. The minimum Gasteiger partial charge on any atom is -0.396 e. The molecule has 0 saturated carbocycles. The first-order valence-corrected chi connectivity index (χ1v) is 6.13. The molecule has 90 valence electrons. The van der Waals surface area contributed by atoms with E-state index in [4.69, 9.17) is 23.1 Å². The van der Waals surface area contributed by atoms with Crippen molar-refractivity contribution < 1.29 is 5.11 Å². The Labute approximate surface area is 106 Å². The van der Waals surface area contributed by atoms with E-state index in [-0.39, 0.29) is 6.61 Å². The molecule has 0 aliphatic heterocycles. The molecular formula is C13H16N2OS. The molecule has 0 spiro atoms. The molecule has 2 rings (SSSR count). The Bertz CT molecular complexity index is 533. The predicted molar refractivity (Wildman–Crippen MR) is 74.1 cm³/mol. The highest BCUT2D eigenvalue weighted by molar-refractivity contribution is 7.80. The highest BCUT2D eigenvalue weighted by atomic mass is 32.1. The number of benzene rings is 1. The largest absolute Gasteiger partial charge is 0.396 e. The van der Waals surface area contributed by atoms with Gasteiger partial charge in [-0.2, -0.15) is 0 Å². The van der Waals surface area contributed by atoms with Gasteiger partial charge in [0.1, 0.15) is 4.99 Å².